The third kappa shape index (κ3) is 3.78. The quantitative estimate of drug-likeness (QED) is 0.896. The highest BCUT2D eigenvalue weighted by Gasteiger charge is 2.23. The lowest BCUT2D eigenvalue weighted by Crippen LogP contribution is -2.30. The molecule has 1 aromatic rings. The monoisotopic (exact) mass is 275 g/mol. The van der Waals surface area contributed by atoms with Gasteiger partial charge in [-0.15, -0.1) is 0 Å². The molecule has 0 amide bonds. The van der Waals surface area contributed by atoms with Gasteiger partial charge in [0.2, 0.25) is 0 Å². The summed E-state index contributed by atoms with van der Waals surface area (Å²) in [6, 6.07) is 0. The molecule has 0 spiro atoms. The third-order valence-electron chi connectivity index (χ3n) is 4.10. The Kier molecular flexibility index (Phi) is 5.14. The molecule has 0 aliphatic heterocycles. The lowest BCUT2D eigenvalue weighted by atomic mass is 9.85. The maximum absolute atomic E-state index is 4.79. The van der Waals surface area contributed by atoms with Crippen LogP contribution in [0.2, 0.25) is 0 Å². The van der Waals surface area contributed by atoms with Crippen LogP contribution in [0.4, 0.5) is 0 Å². The van der Waals surface area contributed by atoms with E-state index in [-0.39, 0.29) is 0 Å². The molecule has 3 heteroatoms. The molecule has 1 aliphatic rings. The molecule has 1 atom stereocenters. The lowest BCUT2D eigenvalue weighted by molar-refractivity contribution is 0.403. The van der Waals surface area contributed by atoms with E-state index in [2.05, 4.69) is 39.9 Å². The highest BCUT2D eigenvalue weighted by Crippen LogP contribution is 2.27. The zero-order valence-corrected chi connectivity index (χ0v) is 13.7. The van der Waals surface area contributed by atoms with E-state index in [1.54, 1.807) is 0 Å². The maximum Gasteiger partial charge on any atom is 0.131 e. The van der Waals surface area contributed by atoms with E-state index in [1.165, 1.54) is 23.4 Å². The number of hydrogen-bond acceptors (Lipinski definition) is 3. The molecule has 0 aromatic carbocycles. The molecule has 0 bridgehead atoms. The van der Waals surface area contributed by atoms with Crippen molar-refractivity contribution in [2.75, 3.05) is 13.1 Å². The van der Waals surface area contributed by atoms with Gasteiger partial charge in [0.25, 0.3) is 0 Å². The molecule has 1 aromatic heterocycles. The van der Waals surface area contributed by atoms with Crippen LogP contribution in [-0.2, 0) is 12.8 Å². The van der Waals surface area contributed by atoms with Gasteiger partial charge in [-0.1, -0.05) is 27.7 Å². The molecule has 3 nitrogen and oxygen atoms in total. The van der Waals surface area contributed by atoms with Gasteiger partial charge in [-0.05, 0) is 56.7 Å². The summed E-state index contributed by atoms with van der Waals surface area (Å²) in [6.45, 7) is 13.2. The fourth-order valence-electron chi connectivity index (χ4n) is 2.89. The molecular weight excluding hydrogens is 246 g/mol. The van der Waals surface area contributed by atoms with E-state index in [0.29, 0.717) is 5.92 Å². The van der Waals surface area contributed by atoms with Gasteiger partial charge in [-0.3, -0.25) is 0 Å². The average molecular weight is 275 g/mol. The van der Waals surface area contributed by atoms with Crippen LogP contribution < -0.4 is 5.32 Å². The van der Waals surface area contributed by atoms with Gasteiger partial charge in [0.15, 0.2) is 0 Å². The molecule has 2 rings (SSSR count). The number of rotatable bonds is 5. The van der Waals surface area contributed by atoms with E-state index in [4.69, 9.17) is 9.97 Å². The summed E-state index contributed by atoms with van der Waals surface area (Å²) in [4.78, 5) is 9.48. The Balaban J connectivity index is 2.03. The van der Waals surface area contributed by atoms with Crippen molar-refractivity contribution in [2.45, 2.75) is 59.8 Å². The average Bonchev–Trinajstić information content (AvgIpc) is 2.38. The van der Waals surface area contributed by atoms with Crippen LogP contribution >= 0.6 is 0 Å². The van der Waals surface area contributed by atoms with Crippen molar-refractivity contribution in [3.8, 4) is 0 Å². The van der Waals surface area contributed by atoms with E-state index in [0.717, 1.165) is 43.6 Å². The van der Waals surface area contributed by atoms with Gasteiger partial charge in [0.05, 0.1) is 0 Å². The van der Waals surface area contributed by atoms with Crippen LogP contribution in [0.15, 0.2) is 0 Å². The number of fused-ring (bicyclic) bond motifs is 1. The van der Waals surface area contributed by atoms with Crippen molar-refractivity contribution in [1.29, 1.82) is 0 Å². The Morgan fingerprint density at radius 1 is 1.20 bits per heavy atom. The minimum atomic E-state index is 0.421. The Morgan fingerprint density at radius 2 is 1.95 bits per heavy atom. The highest BCUT2D eigenvalue weighted by molar-refractivity contribution is 5.28. The highest BCUT2D eigenvalue weighted by atomic mass is 14.9. The minimum absolute atomic E-state index is 0.421. The fourth-order valence-corrected chi connectivity index (χ4v) is 2.89. The molecule has 20 heavy (non-hydrogen) atoms. The van der Waals surface area contributed by atoms with Crippen molar-refractivity contribution in [2.24, 2.45) is 11.8 Å². The summed E-state index contributed by atoms with van der Waals surface area (Å²) >= 11 is 0. The van der Waals surface area contributed by atoms with Crippen LogP contribution in [0.3, 0.4) is 0 Å². The topological polar surface area (TPSA) is 37.8 Å². The van der Waals surface area contributed by atoms with Crippen molar-refractivity contribution >= 4 is 0 Å². The first kappa shape index (κ1) is 15.4. The lowest BCUT2D eigenvalue weighted by Gasteiger charge is -2.26. The van der Waals surface area contributed by atoms with Gasteiger partial charge in [-0.25, -0.2) is 9.97 Å². The largest absolute Gasteiger partial charge is 0.316 e. The number of nitrogens with zero attached hydrogens (tertiary/aromatic N) is 2. The Labute approximate surface area is 123 Å². The van der Waals surface area contributed by atoms with E-state index < -0.39 is 0 Å². The predicted molar refractivity (Wildman–Crippen MR) is 84.1 cm³/mol. The molecule has 0 radical (unpaired) electrons. The van der Waals surface area contributed by atoms with Crippen LogP contribution in [0.5, 0.6) is 0 Å². The Morgan fingerprint density at radius 3 is 2.60 bits per heavy atom. The smallest absolute Gasteiger partial charge is 0.131 e. The molecule has 1 aliphatic carbocycles. The van der Waals surface area contributed by atoms with Gasteiger partial charge in [-0.2, -0.15) is 0 Å². The van der Waals surface area contributed by atoms with Gasteiger partial charge in [0, 0.05) is 17.3 Å². The number of aryl methyl sites for hydroxylation is 2. The summed E-state index contributed by atoms with van der Waals surface area (Å²) in [7, 11) is 0. The van der Waals surface area contributed by atoms with Crippen molar-refractivity contribution < 1.29 is 0 Å². The first-order chi connectivity index (χ1) is 9.47. The Bertz CT molecular complexity index is 452. The normalized spacial score (nSPS) is 18.6. The van der Waals surface area contributed by atoms with E-state index in [1.807, 2.05) is 0 Å². The molecule has 112 valence electrons. The molecule has 1 unspecified atom stereocenters. The molecule has 0 fully saturated rings. The van der Waals surface area contributed by atoms with Gasteiger partial charge < -0.3 is 5.32 Å². The molecule has 0 saturated carbocycles. The van der Waals surface area contributed by atoms with Gasteiger partial charge in [0.1, 0.15) is 5.82 Å². The molecule has 0 saturated heterocycles. The van der Waals surface area contributed by atoms with Crippen LogP contribution in [-0.4, -0.2) is 23.1 Å². The Hall–Kier alpha value is -0.960. The first-order valence-electron chi connectivity index (χ1n) is 8.04. The van der Waals surface area contributed by atoms with Crippen molar-refractivity contribution in [1.82, 2.24) is 15.3 Å². The first-order valence-corrected chi connectivity index (χ1v) is 8.04. The van der Waals surface area contributed by atoms with Crippen LogP contribution in [0.1, 0.15) is 62.8 Å². The minimum Gasteiger partial charge on any atom is -0.316 e. The van der Waals surface area contributed by atoms with Gasteiger partial charge >= 0.3 is 0 Å². The SMILES string of the molecule is Cc1nc(C(C)C)nc2c1CC(CNCC(C)C)CC2. The summed E-state index contributed by atoms with van der Waals surface area (Å²) in [5.74, 6) is 2.90. The number of hydrogen-bond donors (Lipinski definition) is 1. The molecule has 1 heterocycles. The second-order valence-electron chi connectivity index (χ2n) is 6.91. The standard InChI is InChI=1S/C17H29N3/c1-11(2)9-18-10-14-6-7-16-15(8-14)13(5)19-17(20-16)12(3)4/h11-12,14,18H,6-10H2,1-5H3. The van der Waals surface area contributed by atoms with E-state index in [9.17, 15) is 0 Å². The van der Waals surface area contributed by atoms with Crippen LogP contribution in [0.25, 0.3) is 0 Å². The van der Waals surface area contributed by atoms with E-state index >= 15 is 0 Å². The number of aromatic nitrogens is 2. The molecule has 1 N–H and O–H groups in total. The predicted octanol–water partition coefficient (Wildman–Crippen LogP) is 3.26. The van der Waals surface area contributed by atoms with Crippen molar-refractivity contribution in [3.05, 3.63) is 22.8 Å². The maximum atomic E-state index is 4.79. The second-order valence-corrected chi connectivity index (χ2v) is 6.91. The zero-order valence-electron chi connectivity index (χ0n) is 13.7. The summed E-state index contributed by atoms with van der Waals surface area (Å²) in [5.41, 5.74) is 3.92. The summed E-state index contributed by atoms with van der Waals surface area (Å²) < 4.78 is 0. The third-order valence-corrected chi connectivity index (χ3v) is 4.10. The molecular formula is C17H29N3. The van der Waals surface area contributed by atoms with Crippen molar-refractivity contribution in [3.63, 3.8) is 0 Å². The fraction of sp³-hybridized carbons (Fsp3) is 0.765. The zero-order chi connectivity index (χ0) is 14.7. The summed E-state index contributed by atoms with van der Waals surface area (Å²) in [5, 5.41) is 3.59. The second kappa shape index (κ2) is 6.66. The summed E-state index contributed by atoms with van der Waals surface area (Å²) in [6.07, 6.45) is 3.52. The number of nitrogens with one attached hydrogen (secondary N) is 1. The van der Waals surface area contributed by atoms with Crippen LogP contribution in [0, 0.1) is 18.8 Å².